The molecule has 0 N–H and O–H groups in total. The van der Waals surface area contributed by atoms with Crippen LogP contribution in [0.1, 0.15) is 46.6 Å². The third-order valence-electron chi connectivity index (χ3n) is 2.21. The van der Waals surface area contributed by atoms with E-state index in [-0.39, 0.29) is 5.82 Å². The molecule has 1 aromatic carbocycles. The predicted molar refractivity (Wildman–Crippen MR) is 75.4 cm³/mol. The van der Waals surface area contributed by atoms with Gasteiger partial charge < -0.3 is 0 Å². The number of halogens is 1. The Bertz CT molecular complexity index is 365. The molecule has 0 amide bonds. The van der Waals surface area contributed by atoms with Crippen LogP contribution in [0.3, 0.4) is 0 Å². The van der Waals surface area contributed by atoms with E-state index in [1.54, 1.807) is 0 Å². The fraction of sp³-hybridized carbons (Fsp3) is 0.375. The molecule has 0 heterocycles. The molecule has 0 fully saturated rings. The molecule has 0 aliphatic heterocycles. The normalized spacial score (nSPS) is 10.4. The summed E-state index contributed by atoms with van der Waals surface area (Å²) in [6.07, 6.45) is 5.14. The van der Waals surface area contributed by atoms with Gasteiger partial charge in [0.25, 0.3) is 0 Å². The Labute approximate surface area is 105 Å². The first-order valence-electron chi connectivity index (χ1n) is 6.23. The zero-order chi connectivity index (χ0) is 13.3. The summed E-state index contributed by atoms with van der Waals surface area (Å²) in [6, 6.07) is 6.65. The molecule has 0 unspecified atom stereocenters. The molecule has 0 saturated carbocycles. The molecule has 1 rings (SSSR count). The summed E-state index contributed by atoms with van der Waals surface area (Å²) in [5, 5.41) is 0. The summed E-state index contributed by atoms with van der Waals surface area (Å²) in [5.41, 5.74) is 3.59. The van der Waals surface area contributed by atoms with E-state index in [2.05, 4.69) is 32.9 Å². The van der Waals surface area contributed by atoms with E-state index in [1.807, 2.05) is 26.0 Å². The highest BCUT2D eigenvalue weighted by molar-refractivity contribution is 5.66. The number of hydrogen-bond donors (Lipinski definition) is 0. The first-order valence-corrected chi connectivity index (χ1v) is 6.23. The van der Waals surface area contributed by atoms with Crippen LogP contribution in [0.4, 0.5) is 4.39 Å². The van der Waals surface area contributed by atoms with Gasteiger partial charge in [0.15, 0.2) is 0 Å². The van der Waals surface area contributed by atoms with Gasteiger partial charge in [0.05, 0.1) is 0 Å². The molecular weight excluding hydrogens is 211 g/mol. The van der Waals surface area contributed by atoms with Crippen molar-refractivity contribution in [2.45, 2.75) is 41.0 Å². The van der Waals surface area contributed by atoms with Crippen LogP contribution in [-0.4, -0.2) is 0 Å². The third kappa shape index (κ3) is 6.06. The number of benzene rings is 1. The van der Waals surface area contributed by atoms with E-state index >= 15 is 0 Å². The van der Waals surface area contributed by atoms with Crippen LogP contribution in [-0.2, 0) is 0 Å². The lowest BCUT2D eigenvalue weighted by molar-refractivity contribution is 0.627. The lowest BCUT2D eigenvalue weighted by Crippen LogP contribution is -1.83. The first-order chi connectivity index (χ1) is 8.13. The quantitative estimate of drug-likeness (QED) is 0.596. The summed E-state index contributed by atoms with van der Waals surface area (Å²) < 4.78 is 12.7. The third-order valence-corrected chi connectivity index (χ3v) is 2.21. The van der Waals surface area contributed by atoms with Crippen molar-refractivity contribution in [3.63, 3.8) is 0 Å². The fourth-order valence-electron chi connectivity index (χ4n) is 1.35. The summed E-state index contributed by atoms with van der Waals surface area (Å²) in [5.74, 6) is -0.184. The maximum absolute atomic E-state index is 12.7. The second-order valence-corrected chi connectivity index (χ2v) is 3.80. The van der Waals surface area contributed by atoms with Crippen molar-refractivity contribution in [3.05, 3.63) is 53.4 Å². The summed E-state index contributed by atoms with van der Waals surface area (Å²) >= 11 is 0. The molecule has 0 aromatic heterocycles. The van der Waals surface area contributed by atoms with E-state index < -0.39 is 0 Å². The van der Waals surface area contributed by atoms with E-state index in [0.717, 1.165) is 12.0 Å². The summed E-state index contributed by atoms with van der Waals surface area (Å²) in [7, 11) is 0. The smallest absolute Gasteiger partial charge is 0.123 e. The monoisotopic (exact) mass is 234 g/mol. The zero-order valence-corrected chi connectivity index (χ0v) is 11.5. The van der Waals surface area contributed by atoms with Gasteiger partial charge in [0.1, 0.15) is 5.82 Å². The second kappa shape index (κ2) is 8.74. The highest BCUT2D eigenvalue weighted by atomic mass is 19.1. The van der Waals surface area contributed by atoms with Crippen LogP contribution in [0, 0.1) is 5.82 Å². The van der Waals surface area contributed by atoms with Crippen molar-refractivity contribution in [1.29, 1.82) is 0 Å². The molecule has 1 heteroatoms. The predicted octanol–water partition coefficient (Wildman–Crippen LogP) is 5.61. The van der Waals surface area contributed by atoms with Crippen molar-refractivity contribution in [2.24, 2.45) is 0 Å². The van der Waals surface area contributed by atoms with Crippen LogP contribution < -0.4 is 0 Å². The number of hydrogen-bond acceptors (Lipinski definition) is 0. The second-order valence-electron chi connectivity index (χ2n) is 3.80. The molecule has 0 aliphatic carbocycles. The molecule has 0 spiro atoms. The van der Waals surface area contributed by atoms with Crippen LogP contribution in [0.25, 0.3) is 5.57 Å². The van der Waals surface area contributed by atoms with Gasteiger partial charge in [-0.3, -0.25) is 0 Å². The van der Waals surface area contributed by atoms with Crippen molar-refractivity contribution in [3.8, 4) is 0 Å². The van der Waals surface area contributed by atoms with Gasteiger partial charge in [-0.15, -0.1) is 0 Å². The fourth-order valence-corrected chi connectivity index (χ4v) is 1.35. The van der Waals surface area contributed by atoms with Crippen LogP contribution >= 0.6 is 0 Å². The Morgan fingerprint density at radius 1 is 1.06 bits per heavy atom. The molecule has 0 atom stereocenters. The maximum atomic E-state index is 12.7. The average Bonchev–Trinajstić information content (AvgIpc) is 2.34. The highest BCUT2D eigenvalue weighted by Crippen LogP contribution is 2.18. The van der Waals surface area contributed by atoms with Gasteiger partial charge in [-0.1, -0.05) is 50.6 Å². The van der Waals surface area contributed by atoms with Crippen LogP contribution in [0.15, 0.2) is 42.0 Å². The Morgan fingerprint density at radius 2 is 1.59 bits per heavy atom. The number of allylic oxidation sites excluding steroid dienone is 4. The highest BCUT2D eigenvalue weighted by Gasteiger charge is 1.98. The lowest BCUT2D eigenvalue weighted by atomic mass is 10.0. The molecule has 1 aromatic rings. The Kier molecular flexibility index (Phi) is 8.04. The van der Waals surface area contributed by atoms with E-state index in [0.29, 0.717) is 0 Å². The maximum Gasteiger partial charge on any atom is 0.123 e. The van der Waals surface area contributed by atoms with Gasteiger partial charge in [-0.2, -0.15) is 0 Å². The van der Waals surface area contributed by atoms with Crippen LogP contribution in [0.2, 0.25) is 0 Å². The Balaban J connectivity index is 0.00000121. The van der Waals surface area contributed by atoms with Crippen molar-refractivity contribution in [2.75, 3.05) is 0 Å². The molecule has 0 radical (unpaired) electrons. The van der Waals surface area contributed by atoms with Gasteiger partial charge >= 0.3 is 0 Å². The molecular formula is C16H23F. The minimum absolute atomic E-state index is 0.184. The molecule has 17 heavy (non-hydrogen) atoms. The van der Waals surface area contributed by atoms with Crippen molar-refractivity contribution >= 4 is 5.57 Å². The van der Waals surface area contributed by atoms with E-state index in [1.165, 1.54) is 23.3 Å². The van der Waals surface area contributed by atoms with Gasteiger partial charge in [-0.25, -0.2) is 4.39 Å². The van der Waals surface area contributed by atoms with Gasteiger partial charge in [0.2, 0.25) is 0 Å². The van der Waals surface area contributed by atoms with Gasteiger partial charge in [-0.05, 0) is 43.5 Å². The standard InChI is InChI=1S/C14H17F.C2H6/c1-4-12(6-5-11(2)3)13-7-9-14(15)10-8-13;1-2/h5-10H,4H2,1-3H3;1-2H3/b12-6+;. The average molecular weight is 234 g/mol. The minimum atomic E-state index is -0.184. The van der Waals surface area contributed by atoms with Crippen LogP contribution in [0.5, 0.6) is 0 Å². The zero-order valence-electron chi connectivity index (χ0n) is 11.5. The molecule has 0 saturated heterocycles. The molecule has 0 nitrogen and oxygen atoms in total. The van der Waals surface area contributed by atoms with Crippen molar-refractivity contribution in [1.82, 2.24) is 0 Å². The molecule has 0 bridgehead atoms. The Hall–Kier alpha value is -1.37. The van der Waals surface area contributed by atoms with E-state index in [9.17, 15) is 4.39 Å². The molecule has 94 valence electrons. The first kappa shape index (κ1) is 15.6. The largest absolute Gasteiger partial charge is 0.207 e. The topological polar surface area (TPSA) is 0 Å². The molecule has 0 aliphatic rings. The van der Waals surface area contributed by atoms with Gasteiger partial charge in [0, 0.05) is 0 Å². The minimum Gasteiger partial charge on any atom is -0.207 e. The van der Waals surface area contributed by atoms with E-state index in [4.69, 9.17) is 0 Å². The SMILES string of the molecule is CC.CC/C(=C\C=C(C)C)c1ccc(F)cc1. The van der Waals surface area contributed by atoms with Crippen molar-refractivity contribution < 1.29 is 4.39 Å². The lowest BCUT2D eigenvalue weighted by Gasteiger charge is -2.03. The number of rotatable bonds is 3. The Morgan fingerprint density at radius 3 is 2.00 bits per heavy atom. The summed E-state index contributed by atoms with van der Waals surface area (Å²) in [6.45, 7) is 10.2. The summed E-state index contributed by atoms with van der Waals surface area (Å²) in [4.78, 5) is 0.